The number of carbonyl (C=O) groups excluding carboxylic acids is 1. The molecule has 0 radical (unpaired) electrons. The van der Waals surface area contributed by atoms with E-state index < -0.39 is 6.10 Å². The highest BCUT2D eigenvalue weighted by Gasteiger charge is 2.20. The molecule has 3 nitrogen and oxygen atoms in total. The molecule has 17 heavy (non-hydrogen) atoms. The average Bonchev–Trinajstić information content (AvgIpc) is 2.27. The maximum atomic E-state index is 12.1. The number of Topliss-reactive ketones (excluding diaryl/α,β-unsaturated/α-hetero) is 1. The molecule has 0 aliphatic carbocycles. The second-order valence-electron chi connectivity index (χ2n) is 4.34. The zero-order valence-electron chi connectivity index (χ0n) is 10.4. The quantitative estimate of drug-likeness (QED) is 0.821. The maximum absolute atomic E-state index is 12.1. The first-order valence-electron chi connectivity index (χ1n) is 5.60. The maximum Gasteiger partial charge on any atom is 0.179 e. The number of benzene rings is 1. The Balaban J connectivity index is 2.72. The smallest absolute Gasteiger partial charge is 0.179 e. The molecule has 0 bridgehead atoms. The summed E-state index contributed by atoms with van der Waals surface area (Å²) >= 11 is 5.77. The van der Waals surface area contributed by atoms with E-state index in [2.05, 4.69) is 0 Å². The van der Waals surface area contributed by atoms with Gasteiger partial charge in [0, 0.05) is 17.1 Å². The Kier molecular flexibility index (Phi) is 5.12. The predicted molar refractivity (Wildman–Crippen MR) is 69.6 cm³/mol. The standard InChI is InChI=1S/C13H18ClNO2/c1-9(16)8-15(3)10(2)13(17)11-4-6-12(14)7-5-11/h4-7,9-10,16H,8H2,1-3H3. The molecular formula is C13H18ClNO2. The lowest BCUT2D eigenvalue weighted by Gasteiger charge is -2.24. The van der Waals surface area contributed by atoms with Gasteiger partial charge in [0.2, 0.25) is 0 Å². The van der Waals surface area contributed by atoms with Gasteiger partial charge in [-0.25, -0.2) is 0 Å². The molecule has 2 unspecified atom stereocenters. The Labute approximate surface area is 107 Å². The van der Waals surface area contributed by atoms with Crippen LogP contribution in [0.25, 0.3) is 0 Å². The number of nitrogens with zero attached hydrogens (tertiary/aromatic N) is 1. The summed E-state index contributed by atoms with van der Waals surface area (Å²) in [5.41, 5.74) is 0.638. The Bertz CT molecular complexity index is 376. The number of aliphatic hydroxyl groups excluding tert-OH is 1. The highest BCUT2D eigenvalue weighted by molar-refractivity contribution is 6.30. The largest absolute Gasteiger partial charge is 0.392 e. The minimum absolute atomic E-state index is 0.0322. The van der Waals surface area contributed by atoms with E-state index in [1.165, 1.54) is 0 Å². The van der Waals surface area contributed by atoms with Gasteiger partial charge in [-0.05, 0) is 45.2 Å². The van der Waals surface area contributed by atoms with E-state index >= 15 is 0 Å². The molecule has 0 spiro atoms. The van der Waals surface area contributed by atoms with Crippen molar-refractivity contribution >= 4 is 17.4 Å². The summed E-state index contributed by atoms with van der Waals surface area (Å²) in [4.78, 5) is 13.9. The molecule has 2 atom stereocenters. The first-order chi connectivity index (χ1) is 7.91. The third-order valence-corrected chi connectivity index (χ3v) is 2.97. The number of ketones is 1. The van der Waals surface area contributed by atoms with Gasteiger partial charge in [0.15, 0.2) is 5.78 Å². The van der Waals surface area contributed by atoms with Gasteiger partial charge in [-0.1, -0.05) is 11.6 Å². The summed E-state index contributed by atoms with van der Waals surface area (Å²) in [5.74, 6) is 0.0322. The van der Waals surface area contributed by atoms with Crippen molar-refractivity contribution in [3.8, 4) is 0 Å². The normalized spacial score (nSPS) is 14.7. The van der Waals surface area contributed by atoms with Crippen molar-refractivity contribution < 1.29 is 9.90 Å². The van der Waals surface area contributed by atoms with E-state index in [0.29, 0.717) is 17.1 Å². The monoisotopic (exact) mass is 255 g/mol. The molecule has 0 aliphatic heterocycles. The number of carbonyl (C=O) groups is 1. The molecule has 0 aromatic heterocycles. The second kappa shape index (κ2) is 6.15. The van der Waals surface area contributed by atoms with Crippen molar-refractivity contribution in [1.82, 2.24) is 4.90 Å². The van der Waals surface area contributed by atoms with Crippen LogP contribution in [0.4, 0.5) is 0 Å². The third-order valence-electron chi connectivity index (χ3n) is 2.72. The summed E-state index contributed by atoms with van der Waals surface area (Å²) < 4.78 is 0. The predicted octanol–water partition coefficient (Wildman–Crippen LogP) is 2.22. The van der Waals surface area contributed by atoms with Crippen LogP contribution in [0.15, 0.2) is 24.3 Å². The topological polar surface area (TPSA) is 40.5 Å². The van der Waals surface area contributed by atoms with Crippen LogP contribution >= 0.6 is 11.6 Å². The van der Waals surface area contributed by atoms with Gasteiger partial charge >= 0.3 is 0 Å². The number of likely N-dealkylation sites (N-methyl/N-ethyl adjacent to an activating group) is 1. The van der Waals surface area contributed by atoms with E-state index in [-0.39, 0.29) is 11.8 Å². The molecule has 4 heteroatoms. The fraction of sp³-hybridized carbons (Fsp3) is 0.462. The zero-order chi connectivity index (χ0) is 13.0. The highest BCUT2D eigenvalue weighted by Crippen LogP contribution is 2.13. The molecule has 0 saturated heterocycles. The number of hydrogen-bond acceptors (Lipinski definition) is 3. The van der Waals surface area contributed by atoms with Gasteiger partial charge in [-0.3, -0.25) is 9.69 Å². The Hall–Kier alpha value is -0.900. The number of hydrogen-bond donors (Lipinski definition) is 1. The molecule has 1 aromatic carbocycles. The van der Waals surface area contributed by atoms with Crippen LogP contribution in [0, 0.1) is 0 Å². The number of halogens is 1. The summed E-state index contributed by atoms with van der Waals surface area (Å²) in [5, 5.41) is 9.91. The van der Waals surface area contributed by atoms with E-state index in [1.807, 2.05) is 18.9 Å². The third kappa shape index (κ3) is 4.11. The van der Waals surface area contributed by atoms with E-state index in [1.54, 1.807) is 31.2 Å². The van der Waals surface area contributed by atoms with Gasteiger partial charge in [0.25, 0.3) is 0 Å². The summed E-state index contributed by atoms with van der Waals surface area (Å²) in [7, 11) is 1.82. The fourth-order valence-electron chi connectivity index (χ4n) is 1.63. The Morgan fingerprint density at radius 2 is 1.88 bits per heavy atom. The summed E-state index contributed by atoms with van der Waals surface area (Å²) in [6.45, 7) is 4.01. The van der Waals surface area contributed by atoms with Crippen molar-refractivity contribution in [2.45, 2.75) is 26.0 Å². The van der Waals surface area contributed by atoms with Crippen LogP contribution in [0.5, 0.6) is 0 Å². The molecular weight excluding hydrogens is 238 g/mol. The second-order valence-corrected chi connectivity index (χ2v) is 4.77. The lowest BCUT2D eigenvalue weighted by Crippen LogP contribution is -2.39. The first kappa shape index (κ1) is 14.2. The molecule has 0 aliphatic rings. The minimum atomic E-state index is -0.444. The van der Waals surface area contributed by atoms with Crippen LogP contribution in [0.3, 0.4) is 0 Å². The van der Waals surface area contributed by atoms with Gasteiger partial charge in [0.1, 0.15) is 0 Å². The molecule has 1 rings (SSSR count). The molecule has 1 N–H and O–H groups in total. The molecule has 0 fully saturated rings. The molecule has 0 heterocycles. The van der Waals surface area contributed by atoms with E-state index in [4.69, 9.17) is 11.6 Å². The Morgan fingerprint density at radius 1 is 1.35 bits per heavy atom. The van der Waals surface area contributed by atoms with Crippen LogP contribution in [-0.2, 0) is 0 Å². The Morgan fingerprint density at radius 3 is 2.35 bits per heavy atom. The average molecular weight is 256 g/mol. The van der Waals surface area contributed by atoms with Crippen LogP contribution in [-0.4, -0.2) is 41.5 Å². The van der Waals surface area contributed by atoms with Gasteiger partial charge < -0.3 is 5.11 Å². The fourth-order valence-corrected chi connectivity index (χ4v) is 1.76. The SMILES string of the molecule is CC(O)CN(C)C(C)C(=O)c1ccc(Cl)cc1. The van der Waals surface area contributed by atoms with Gasteiger partial charge in [0.05, 0.1) is 12.1 Å². The van der Waals surface area contributed by atoms with E-state index in [9.17, 15) is 9.90 Å². The molecule has 0 amide bonds. The number of rotatable bonds is 5. The molecule has 0 saturated carbocycles. The zero-order valence-corrected chi connectivity index (χ0v) is 11.1. The number of aliphatic hydroxyl groups is 1. The van der Waals surface area contributed by atoms with Crippen LogP contribution in [0.2, 0.25) is 5.02 Å². The van der Waals surface area contributed by atoms with Crippen molar-refractivity contribution in [3.05, 3.63) is 34.9 Å². The van der Waals surface area contributed by atoms with Crippen LogP contribution < -0.4 is 0 Å². The van der Waals surface area contributed by atoms with Crippen LogP contribution in [0.1, 0.15) is 24.2 Å². The molecule has 1 aromatic rings. The minimum Gasteiger partial charge on any atom is -0.392 e. The van der Waals surface area contributed by atoms with Crippen molar-refractivity contribution in [2.75, 3.05) is 13.6 Å². The summed E-state index contributed by atoms with van der Waals surface area (Å²) in [6, 6.07) is 6.59. The van der Waals surface area contributed by atoms with Crippen molar-refractivity contribution in [3.63, 3.8) is 0 Å². The summed E-state index contributed by atoms with van der Waals surface area (Å²) in [6.07, 6.45) is -0.444. The highest BCUT2D eigenvalue weighted by atomic mass is 35.5. The van der Waals surface area contributed by atoms with Gasteiger partial charge in [-0.15, -0.1) is 0 Å². The van der Waals surface area contributed by atoms with E-state index in [0.717, 1.165) is 0 Å². The lowest BCUT2D eigenvalue weighted by molar-refractivity contribution is 0.0788. The first-order valence-corrected chi connectivity index (χ1v) is 5.97. The lowest BCUT2D eigenvalue weighted by atomic mass is 10.0. The van der Waals surface area contributed by atoms with Gasteiger partial charge in [-0.2, -0.15) is 0 Å². The van der Waals surface area contributed by atoms with Crippen molar-refractivity contribution in [2.24, 2.45) is 0 Å². The van der Waals surface area contributed by atoms with Crippen molar-refractivity contribution in [1.29, 1.82) is 0 Å². The molecule has 94 valence electrons.